The van der Waals surface area contributed by atoms with Crippen LogP contribution in [-0.4, -0.2) is 29.1 Å². The van der Waals surface area contributed by atoms with E-state index in [0.29, 0.717) is 18.5 Å². The summed E-state index contributed by atoms with van der Waals surface area (Å²) in [6, 6.07) is 7.14. The lowest BCUT2D eigenvalue weighted by Gasteiger charge is -2.49. The Balaban J connectivity index is 1.93. The van der Waals surface area contributed by atoms with Gasteiger partial charge in [-0.2, -0.15) is 0 Å². The minimum absolute atomic E-state index is 0.000874. The highest BCUT2D eigenvalue weighted by Crippen LogP contribution is 2.40. The van der Waals surface area contributed by atoms with Gasteiger partial charge in [-0.15, -0.1) is 0 Å². The topological polar surface area (TPSA) is 78.4 Å². The minimum Gasteiger partial charge on any atom is -0.392 e. The molecule has 0 bridgehead atoms. The molecule has 21 heavy (non-hydrogen) atoms. The second kappa shape index (κ2) is 5.85. The van der Waals surface area contributed by atoms with Crippen LogP contribution in [0.3, 0.4) is 0 Å². The molecule has 2 atom stereocenters. The van der Waals surface area contributed by atoms with Crippen LogP contribution < -0.4 is 10.6 Å². The standard InChI is InChI=1S/C16H22N2O3/c1-10(19)17-9-11-4-6-12(7-5-11)15(21)18-13-8-14(20)16(13,2)3/h4-7,13-14,20H,8-9H2,1-3H3,(H,17,19)(H,18,21). The maximum absolute atomic E-state index is 12.2. The maximum atomic E-state index is 12.2. The summed E-state index contributed by atoms with van der Waals surface area (Å²) < 4.78 is 0. The molecule has 0 spiro atoms. The number of benzene rings is 1. The number of rotatable bonds is 4. The first-order chi connectivity index (χ1) is 9.80. The Kier molecular flexibility index (Phi) is 4.32. The second-order valence-electron chi connectivity index (χ2n) is 6.21. The van der Waals surface area contributed by atoms with E-state index in [9.17, 15) is 14.7 Å². The van der Waals surface area contributed by atoms with E-state index < -0.39 is 0 Å². The van der Waals surface area contributed by atoms with Gasteiger partial charge in [0.1, 0.15) is 0 Å². The molecular weight excluding hydrogens is 268 g/mol. The van der Waals surface area contributed by atoms with Crippen LogP contribution >= 0.6 is 0 Å². The van der Waals surface area contributed by atoms with E-state index in [-0.39, 0.29) is 29.4 Å². The van der Waals surface area contributed by atoms with Crippen LogP contribution in [0, 0.1) is 5.41 Å². The van der Waals surface area contributed by atoms with Crippen LogP contribution in [0.5, 0.6) is 0 Å². The summed E-state index contributed by atoms with van der Waals surface area (Å²) in [5.41, 5.74) is 1.25. The molecule has 1 saturated carbocycles. The van der Waals surface area contributed by atoms with Gasteiger partial charge in [0.05, 0.1) is 6.10 Å². The van der Waals surface area contributed by atoms with E-state index in [0.717, 1.165) is 5.56 Å². The van der Waals surface area contributed by atoms with Crippen LogP contribution in [0.15, 0.2) is 24.3 Å². The van der Waals surface area contributed by atoms with Crippen molar-refractivity contribution < 1.29 is 14.7 Å². The average Bonchev–Trinajstić information content (AvgIpc) is 2.45. The third kappa shape index (κ3) is 3.42. The third-order valence-corrected chi connectivity index (χ3v) is 4.28. The first kappa shape index (κ1) is 15.5. The normalized spacial score (nSPS) is 23.0. The molecule has 1 aromatic carbocycles. The summed E-state index contributed by atoms with van der Waals surface area (Å²) >= 11 is 0. The number of carbonyl (C=O) groups is 2. The average molecular weight is 290 g/mol. The number of hydrogen-bond donors (Lipinski definition) is 3. The number of carbonyl (C=O) groups excluding carboxylic acids is 2. The van der Waals surface area contributed by atoms with Crippen molar-refractivity contribution in [2.45, 2.75) is 45.9 Å². The lowest BCUT2D eigenvalue weighted by atomic mass is 9.64. The number of aliphatic hydroxyl groups excluding tert-OH is 1. The van der Waals surface area contributed by atoms with Gasteiger partial charge in [0.15, 0.2) is 0 Å². The quantitative estimate of drug-likeness (QED) is 0.780. The second-order valence-corrected chi connectivity index (χ2v) is 6.21. The Morgan fingerprint density at radius 1 is 1.29 bits per heavy atom. The maximum Gasteiger partial charge on any atom is 0.251 e. The molecule has 0 radical (unpaired) electrons. The smallest absolute Gasteiger partial charge is 0.251 e. The molecule has 1 aliphatic carbocycles. The molecule has 1 aromatic rings. The summed E-state index contributed by atoms with van der Waals surface area (Å²) in [4.78, 5) is 23.0. The molecule has 0 saturated heterocycles. The first-order valence-corrected chi connectivity index (χ1v) is 7.13. The molecule has 5 nitrogen and oxygen atoms in total. The van der Waals surface area contributed by atoms with E-state index in [4.69, 9.17) is 0 Å². The van der Waals surface area contributed by atoms with Crippen LogP contribution in [0.4, 0.5) is 0 Å². The Bertz CT molecular complexity index is 537. The zero-order chi connectivity index (χ0) is 15.6. The molecule has 0 heterocycles. The van der Waals surface area contributed by atoms with Crippen molar-refractivity contribution in [2.75, 3.05) is 0 Å². The number of aliphatic hydroxyl groups is 1. The van der Waals surface area contributed by atoms with Crippen molar-refractivity contribution in [1.29, 1.82) is 0 Å². The van der Waals surface area contributed by atoms with Crippen molar-refractivity contribution >= 4 is 11.8 Å². The molecule has 114 valence electrons. The summed E-state index contributed by atoms with van der Waals surface area (Å²) in [5.74, 6) is -0.214. The molecule has 3 N–H and O–H groups in total. The highest BCUT2D eigenvalue weighted by Gasteiger charge is 2.47. The molecule has 1 fully saturated rings. The van der Waals surface area contributed by atoms with E-state index in [1.54, 1.807) is 12.1 Å². The number of nitrogens with one attached hydrogen (secondary N) is 2. The molecule has 5 heteroatoms. The van der Waals surface area contributed by atoms with E-state index in [1.807, 2.05) is 26.0 Å². The predicted molar refractivity (Wildman–Crippen MR) is 79.6 cm³/mol. The van der Waals surface area contributed by atoms with Gasteiger partial charge in [-0.1, -0.05) is 26.0 Å². The number of hydrogen-bond acceptors (Lipinski definition) is 3. The third-order valence-electron chi connectivity index (χ3n) is 4.28. The SMILES string of the molecule is CC(=O)NCc1ccc(C(=O)NC2CC(O)C2(C)C)cc1. The highest BCUT2D eigenvalue weighted by molar-refractivity contribution is 5.94. The van der Waals surface area contributed by atoms with Gasteiger partial charge in [-0.25, -0.2) is 0 Å². The molecule has 0 aliphatic heterocycles. The molecule has 0 aromatic heterocycles. The van der Waals surface area contributed by atoms with Gasteiger partial charge in [0.25, 0.3) is 5.91 Å². The van der Waals surface area contributed by atoms with E-state index in [1.165, 1.54) is 6.92 Å². The lowest BCUT2D eigenvalue weighted by molar-refractivity contribution is -0.119. The van der Waals surface area contributed by atoms with Crippen molar-refractivity contribution in [3.05, 3.63) is 35.4 Å². The Morgan fingerprint density at radius 3 is 2.38 bits per heavy atom. The zero-order valence-electron chi connectivity index (χ0n) is 12.6. The summed E-state index contributed by atoms with van der Waals surface area (Å²) in [7, 11) is 0. The first-order valence-electron chi connectivity index (χ1n) is 7.13. The predicted octanol–water partition coefficient (Wildman–Crippen LogP) is 1.21. The van der Waals surface area contributed by atoms with Crippen molar-refractivity contribution in [3.8, 4) is 0 Å². The van der Waals surface area contributed by atoms with Crippen LogP contribution in [-0.2, 0) is 11.3 Å². The zero-order valence-corrected chi connectivity index (χ0v) is 12.6. The van der Waals surface area contributed by atoms with E-state index >= 15 is 0 Å². The van der Waals surface area contributed by atoms with Gasteiger partial charge in [-0.3, -0.25) is 9.59 Å². The molecule has 1 aliphatic rings. The summed E-state index contributed by atoms with van der Waals surface area (Å²) in [6.07, 6.45) is 0.238. The lowest BCUT2D eigenvalue weighted by Crippen LogP contribution is -2.61. The Labute approximate surface area is 124 Å². The molecular formula is C16H22N2O3. The minimum atomic E-state index is -0.358. The summed E-state index contributed by atoms with van der Waals surface area (Å²) in [5, 5.41) is 15.3. The fourth-order valence-electron chi connectivity index (χ4n) is 2.39. The van der Waals surface area contributed by atoms with Gasteiger partial charge < -0.3 is 15.7 Å². The van der Waals surface area contributed by atoms with Gasteiger partial charge in [0.2, 0.25) is 5.91 Å². The van der Waals surface area contributed by atoms with Gasteiger partial charge in [-0.05, 0) is 24.1 Å². The van der Waals surface area contributed by atoms with Crippen LogP contribution in [0.25, 0.3) is 0 Å². The summed E-state index contributed by atoms with van der Waals surface area (Å²) in [6.45, 7) is 5.82. The van der Waals surface area contributed by atoms with Crippen molar-refractivity contribution in [2.24, 2.45) is 5.41 Å². The van der Waals surface area contributed by atoms with Crippen molar-refractivity contribution in [1.82, 2.24) is 10.6 Å². The van der Waals surface area contributed by atoms with Gasteiger partial charge >= 0.3 is 0 Å². The van der Waals surface area contributed by atoms with Crippen LogP contribution in [0.1, 0.15) is 43.1 Å². The Morgan fingerprint density at radius 2 is 1.90 bits per heavy atom. The van der Waals surface area contributed by atoms with Gasteiger partial charge in [0, 0.05) is 30.5 Å². The highest BCUT2D eigenvalue weighted by atomic mass is 16.3. The largest absolute Gasteiger partial charge is 0.392 e. The van der Waals surface area contributed by atoms with Crippen molar-refractivity contribution in [3.63, 3.8) is 0 Å². The fourth-order valence-corrected chi connectivity index (χ4v) is 2.39. The molecule has 2 amide bonds. The fraction of sp³-hybridized carbons (Fsp3) is 0.500. The molecule has 2 unspecified atom stereocenters. The van der Waals surface area contributed by atoms with Crippen LogP contribution in [0.2, 0.25) is 0 Å². The monoisotopic (exact) mass is 290 g/mol. The Hall–Kier alpha value is -1.88. The van der Waals surface area contributed by atoms with E-state index in [2.05, 4.69) is 10.6 Å². The number of amides is 2. The molecule has 2 rings (SSSR count).